The van der Waals surface area contributed by atoms with Crippen molar-refractivity contribution in [2.75, 3.05) is 37.9 Å². The fraction of sp³-hybridized carbons (Fsp3) is 0.583. The molecule has 1 unspecified atom stereocenters. The first kappa shape index (κ1) is 24.9. The minimum Gasteiger partial charge on any atom is -0.496 e. The minimum absolute atomic E-state index is 0.133. The van der Waals surface area contributed by atoms with E-state index in [4.69, 9.17) is 10.5 Å². The zero-order valence-electron chi connectivity index (χ0n) is 19.7. The molecule has 1 heterocycles. The van der Waals surface area contributed by atoms with Crippen LogP contribution in [0, 0.1) is 6.92 Å². The van der Waals surface area contributed by atoms with Crippen molar-refractivity contribution < 1.29 is 9.84 Å². The monoisotopic (exact) mass is 429 g/mol. The summed E-state index contributed by atoms with van der Waals surface area (Å²) in [7, 11) is 1.71. The summed E-state index contributed by atoms with van der Waals surface area (Å²) in [6, 6.07) is 6.57. The molecule has 0 saturated carbocycles. The van der Waals surface area contributed by atoms with Crippen LogP contribution in [0.3, 0.4) is 0 Å². The lowest BCUT2D eigenvalue weighted by Gasteiger charge is -2.22. The Balaban J connectivity index is 2.34. The largest absolute Gasteiger partial charge is 0.496 e. The zero-order chi connectivity index (χ0) is 22.8. The van der Waals surface area contributed by atoms with Crippen molar-refractivity contribution in [3.05, 3.63) is 40.6 Å². The Morgan fingerprint density at radius 3 is 2.52 bits per heavy atom. The summed E-state index contributed by atoms with van der Waals surface area (Å²) < 4.78 is 5.73. The highest BCUT2D eigenvalue weighted by Crippen LogP contribution is 2.28. The maximum atomic E-state index is 9.43. The third kappa shape index (κ3) is 7.08. The van der Waals surface area contributed by atoms with Gasteiger partial charge in [0.25, 0.3) is 0 Å². The molecule has 31 heavy (non-hydrogen) atoms. The maximum absolute atomic E-state index is 9.43. The molecule has 0 fully saturated rings. The molecule has 0 spiro atoms. The molecule has 1 aromatic heterocycles. The Morgan fingerprint density at radius 2 is 1.90 bits per heavy atom. The van der Waals surface area contributed by atoms with E-state index < -0.39 is 0 Å². The highest BCUT2D eigenvalue weighted by molar-refractivity contribution is 5.53. The van der Waals surface area contributed by atoms with Crippen molar-refractivity contribution in [1.82, 2.24) is 14.9 Å². The second-order valence-corrected chi connectivity index (χ2v) is 7.92. The second kappa shape index (κ2) is 12.5. The lowest BCUT2D eigenvalue weighted by molar-refractivity contribution is 0.276. The molecule has 0 aliphatic carbocycles. The van der Waals surface area contributed by atoms with Gasteiger partial charge in [0.2, 0.25) is 5.95 Å². The molecular weight excluding hydrogens is 390 g/mol. The first-order valence-corrected chi connectivity index (χ1v) is 11.3. The predicted octanol–water partition coefficient (Wildman–Crippen LogP) is 3.77. The van der Waals surface area contributed by atoms with Crippen molar-refractivity contribution in [3.8, 4) is 5.75 Å². The standard InChI is InChI=1S/C24H39N5O2/c1-6-9-20(12-13-30)27-23-21(17(4)26-24(25)28-23)15-19-11-10-18(14-22(19)31-5)16-29(7-2)8-3/h10-11,14,20,30H,6-9,12-13,15-16H2,1-5H3,(H3,25,26,27,28). The number of nitrogens with two attached hydrogens (primary N) is 1. The van der Waals surface area contributed by atoms with E-state index in [9.17, 15) is 5.11 Å². The molecule has 2 rings (SSSR count). The first-order valence-electron chi connectivity index (χ1n) is 11.3. The van der Waals surface area contributed by atoms with Crippen LogP contribution in [0.5, 0.6) is 5.75 Å². The van der Waals surface area contributed by atoms with Crippen LogP contribution >= 0.6 is 0 Å². The van der Waals surface area contributed by atoms with Gasteiger partial charge < -0.3 is 20.9 Å². The molecule has 2 aromatic rings. The number of nitrogens with zero attached hydrogens (tertiary/aromatic N) is 3. The van der Waals surface area contributed by atoms with Gasteiger partial charge in [-0.1, -0.05) is 39.3 Å². The van der Waals surface area contributed by atoms with E-state index in [-0.39, 0.29) is 18.6 Å². The van der Waals surface area contributed by atoms with Gasteiger partial charge in [-0.05, 0) is 50.0 Å². The molecule has 4 N–H and O–H groups in total. The number of ether oxygens (including phenoxy) is 1. The highest BCUT2D eigenvalue weighted by atomic mass is 16.5. The van der Waals surface area contributed by atoms with Gasteiger partial charge in [0.1, 0.15) is 11.6 Å². The number of nitrogens with one attached hydrogen (secondary N) is 1. The smallest absolute Gasteiger partial charge is 0.222 e. The molecular formula is C24H39N5O2. The molecule has 0 aliphatic heterocycles. The first-order chi connectivity index (χ1) is 14.9. The molecule has 0 aliphatic rings. The van der Waals surface area contributed by atoms with Crippen LogP contribution in [0.15, 0.2) is 18.2 Å². The Morgan fingerprint density at radius 1 is 1.16 bits per heavy atom. The van der Waals surface area contributed by atoms with Gasteiger partial charge in [0.05, 0.1) is 7.11 Å². The summed E-state index contributed by atoms with van der Waals surface area (Å²) in [5.41, 5.74) is 10.1. The maximum Gasteiger partial charge on any atom is 0.222 e. The Bertz CT molecular complexity index is 818. The van der Waals surface area contributed by atoms with E-state index >= 15 is 0 Å². The molecule has 1 aromatic carbocycles. The Kier molecular flexibility index (Phi) is 10.0. The van der Waals surface area contributed by atoms with Crippen LogP contribution in [-0.4, -0.2) is 52.8 Å². The third-order valence-corrected chi connectivity index (χ3v) is 5.71. The topological polar surface area (TPSA) is 96.5 Å². The van der Waals surface area contributed by atoms with Crippen LogP contribution in [0.4, 0.5) is 11.8 Å². The number of aliphatic hydroxyl groups is 1. The van der Waals surface area contributed by atoms with E-state index in [1.54, 1.807) is 7.11 Å². The fourth-order valence-electron chi connectivity index (χ4n) is 3.86. The number of methoxy groups -OCH3 is 1. The molecule has 0 bridgehead atoms. The average molecular weight is 430 g/mol. The number of hydrogen-bond acceptors (Lipinski definition) is 7. The van der Waals surface area contributed by atoms with Crippen molar-refractivity contribution in [1.29, 1.82) is 0 Å². The van der Waals surface area contributed by atoms with E-state index in [1.807, 2.05) is 6.92 Å². The third-order valence-electron chi connectivity index (χ3n) is 5.71. The quantitative estimate of drug-likeness (QED) is 0.446. The summed E-state index contributed by atoms with van der Waals surface area (Å²) >= 11 is 0. The van der Waals surface area contributed by atoms with Gasteiger partial charge in [0, 0.05) is 36.9 Å². The van der Waals surface area contributed by atoms with Crippen molar-refractivity contribution in [2.45, 2.75) is 66.0 Å². The van der Waals surface area contributed by atoms with Gasteiger partial charge in [-0.15, -0.1) is 0 Å². The number of aliphatic hydroxyl groups excluding tert-OH is 1. The summed E-state index contributed by atoms with van der Waals surface area (Å²) in [5.74, 6) is 1.86. The second-order valence-electron chi connectivity index (χ2n) is 7.92. The molecule has 172 valence electrons. The van der Waals surface area contributed by atoms with Gasteiger partial charge in [-0.25, -0.2) is 4.98 Å². The fourth-order valence-corrected chi connectivity index (χ4v) is 3.86. The molecule has 0 amide bonds. The molecule has 7 nitrogen and oxygen atoms in total. The average Bonchev–Trinajstić information content (AvgIpc) is 2.75. The number of aromatic nitrogens is 2. The number of benzene rings is 1. The van der Waals surface area contributed by atoms with Crippen LogP contribution < -0.4 is 15.8 Å². The zero-order valence-corrected chi connectivity index (χ0v) is 19.7. The number of anilines is 2. The van der Waals surface area contributed by atoms with Gasteiger partial charge >= 0.3 is 0 Å². The summed E-state index contributed by atoms with van der Waals surface area (Å²) in [6.45, 7) is 11.5. The van der Waals surface area contributed by atoms with Gasteiger partial charge in [-0.3, -0.25) is 4.90 Å². The molecule has 1 atom stereocenters. The van der Waals surface area contributed by atoms with E-state index in [0.717, 1.165) is 60.9 Å². The van der Waals surface area contributed by atoms with Crippen LogP contribution in [-0.2, 0) is 13.0 Å². The van der Waals surface area contributed by atoms with E-state index in [0.29, 0.717) is 12.8 Å². The Hall–Kier alpha value is -2.38. The van der Waals surface area contributed by atoms with Crippen LogP contribution in [0.25, 0.3) is 0 Å². The van der Waals surface area contributed by atoms with Gasteiger partial charge in [-0.2, -0.15) is 4.98 Å². The number of nitrogen functional groups attached to an aromatic ring is 1. The van der Waals surface area contributed by atoms with Crippen molar-refractivity contribution >= 4 is 11.8 Å². The van der Waals surface area contributed by atoms with E-state index in [1.165, 1.54) is 5.56 Å². The minimum atomic E-state index is 0.133. The summed E-state index contributed by atoms with van der Waals surface area (Å²) in [5, 5.41) is 12.9. The predicted molar refractivity (Wildman–Crippen MR) is 128 cm³/mol. The molecule has 7 heteroatoms. The molecule has 0 radical (unpaired) electrons. The SMILES string of the molecule is CCCC(CCO)Nc1nc(N)nc(C)c1Cc1ccc(CN(CC)CC)cc1OC. The van der Waals surface area contributed by atoms with Crippen molar-refractivity contribution in [2.24, 2.45) is 0 Å². The molecule has 0 saturated heterocycles. The lowest BCUT2D eigenvalue weighted by atomic mass is 10.0. The van der Waals surface area contributed by atoms with Crippen molar-refractivity contribution in [3.63, 3.8) is 0 Å². The normalized spacial score (nSPS) is 12.2. The summed E-state index contributed by atoms with van der Waals surface area (Å²) in [6.07, 6.45) is 3.28. The van der Waals surface area contributed by atoms with Gasteiger partial charge in [0.15, 0.2) is 0 Å². The van der Waals surface area contributed by atoms with Crippen LogP contribution in [0.1, 0.15) is 62.4 Å². The number of rotatable bonds is 13. The lowest BCUT2D eigenvalue weighted by Crippen LogP contribution is -2.23. The highest BCUT2D eigenvalue weighted by Gasteiger charge is 2.17. The Labute approximate surface area is 187 Å². The number of aryl methyl sites for hydroxylation is 1. The summed E-state index contributed by atoms with van der Waals surface area (Å²) in [4.78, 5) is 11.3. The number of hydrogen-bond donors (Lipinski definition) is 3. The van der Waals surface area contributed by atoms with Crippen LogP contribution in [0.2, 0.25) is 0 Å². The van der Waals surface area contributed by atoms with E-state index in [2.05, 4.69) is 59.2 Å².